The largest absolute Gasteiger partial charge is 0.416 e. The molecule has 2 aliphatic rings. The van der Waals surface area contributed by atoms with Gasteiger partial charge in [-0.1, -0.05) is 30.3 Å². The van der Waals surface area contributed by atoms with Gasteiger partial charge in [0.1, 0.15) is 0 Å². The van der Waals surface area contributed by atoms with Crippen molar-refractivity contribution in [3.05, 3.63) is 70.8 Å². The Bertz CT molecular complexity index is 1160. The van der Waals surface area contributed by atoms with Crippen LogP contribution >= 0.6 is 0 Å². The van der Waals surface area contributed by atoms with E-state index in [4.69, 9.17) is 0 Å². The number of nitrogens with zero attached hydrogens (tertiary/aromatic N) is 4. The van der Waals surface area contributed by atoms with Crippen molar-refractivity contribution in [3.8, 4) is 0 Å². The highest BCUT2D eigenvalue weighted by Crippen LogP contribution is 2.38. The Kier molecular flexibility index (Phi) is 8.79. The number of carbonyl (C=O) groups excluding carboxylic acids is 2. The number of piperazine rings is 1. The topological polar surface area (TPSA) is 47.1 Å². The average molecular weight is 571 g/mol. The fraction of sp³-hybridized carbons (Fsp3) is 0.500. The second kappa shape index (κ2) is 11.8. The summed E-state index contributed by atoms with van der Waals surface area (Å²) in [7, 11) is 3.42. The van der Waals surface area contributed by atoms with E-state index in [0.717, 1.165) is 5.56 Å². The lowest BCUT2D eigenvalue weighted by molar-refractivity contribution is -0.143. The molecule has 4 rings (SSSR count). The Balaban J connectivity index is 1.55. The molecule has 0 aliphatic carbocycles. The molecule has 0 N–H and O–H groups in total. The highest BCUT2D eigenvalue weighted by Gasteiger charge is 2.40. The van der Waals surface area contributed by atoms with Gasteiger partial charge in [0, 0.05) is 70.9 Å². The van der Waals surface area contributed by atoms with Gasteiger partial charge >= 0.3 is 12.4 Å². The summed E-state index contributed by atoms with van der Waals surface area (Å²) in [6, 6.07) is 10.5. The molecule has 0 bridgehead atoms. The van der Waals surface area contributed by atoms with Crippen LogP contribution in [0.1, 0.15) is 39.4 Å². The van der Waals surface area contributed by atoms with Crippen LogP contribution in [0.4, 0.5) is 26.3 Å². The van der Waals surface area contributed by atoms with Gasteiger partial charge in [-0.15, -0.1) is 0 Å². The van der Waals surface area contributed by atoms with Crippen LogP contribution in [0.2, 0.25) is 0 Å². The molecule has 2 fully saturated rings. The molecule has 218 valence electrons. The number of alkyl halides is 6. The van der Waals surface area contributed by atoms with E-state index in [1.807, 2.05) is 30.3 Å². The van der Waals surface area contributed by atoms with Crippen LogP contribution in [0.3, 0.4) is 0 Å². The zero-order valence-electron chi connectivity index (χ0n) is 22.3. The van der Waals surface area contributed by atoms with Crippen molar-refractivity contribution in [2.24, 2.45) is 0 Å². The summed E-state index contributed by atoms with van der Waals surface area (Å²) in [5.41, 5.74) is -2.71. The minimum atomic E-state index is -5.03. The SMILES string of the molecule is CN(C)C(=O)CN1CCN([C@@H]2CCN(C(=O)c3cc(C(F)(F)F)cc(C(F)(F)F)c3)C[C@@H]2c2ccccc2)CC1. The van der Waals surface area contributed by atoms with Crippen LogP contribution in [0, 0.1) is 0 Å². The lowest BCUT2D eigenvalue weighted by atomic mass is 9.84. The quantitative estimate of drug-likeness (QED) is 0.500. The van der Waals surface area contributed by atoms with Crippen LogP contribution in [-0.4, -0.2) is 97.4 Å². The Morgan fingerprint density at radius 3 is 1.95 bits per heavy atom. The molecule has 0 aromatic heterocycles. The molecular formula is C28H32F6N4O2. The first-order valence-corrected chi connectivity index (χ1v) is 13.0. The summed E-state index contributed by atoms with van der Waals surface area (Å²) >= 11 is 0. The highest BCUT2D eigenvalue weighted by atomic mass is 19.4. The number of halogens is 6. The van der Waals surface area contributed by atoms with E-state index < -0.39 is 35.0 Å². The molecule has 2 atom stereocenters. The van der Waals surface area contributed by atoms with Crippen LogP contribution in [0.25, 0.3) is 0 Å². The molecule has 2 aliphatic heterocycles. The maximum absolute atomic E-state index is 13.4. The van der Waals surface area contributed by atoms with Crippen molar-refractivity contribution >= 4 is 11.8 Å². The molecule has 2 aromatic rings. The van der Waals surface area contributed by atoms with Gasteiger partial charge in [-0.2, -0.15) is 26.3 Å². The zero-order chi connectivity index (χ0) is 29.2. The lowest BCUT2D eigenvalue weighted by Gasteiger charge is -2.47. The second-order valence-electron chi connectivity index (χ2n) is 10.5. The van der Waals surface area contributed by atoms with Crippen LogP contribution in [0.15, 0.2) is 48.5 Å². The lowest BCUT2D eigenvalue weighted by Crippen LogP contribution is -2.57. The van der Waals surface area contributed by atoms with Crippen LogP contribution in [0.5, 0.6) is 0 Å². The Labute approximate surface area is 229 Å². The zero-order valence-corrected chi connectivity index (χ0v) is 22.3. The third kappa shape index (κ3) is 6.95. The van der Waals surface area contributed by atoms with Gasteiger partial charge in [-0.3, -0.25) is 19.4 Å². The summed E-state index contributed by atoms with van der Waals surface area (Å²) in [6.07, 6.45) is -9.56. The van der Waals surface area contributed by atoms with E-state index in [1.165, 1.54) is 4.90 Å². The monoisotopic (exact) mass is 570 g/mol. The summed E-state index contributed by atoms with van der Waals surface area (Å²) in [4.78, 5) is 32.8. The number of amides is 2. The highest BCUT2D eigenvalue weighted by molar-refractivity contribution is 5.95. The molecule has 2 heterocycles. The number of rotatable bonds is 5. The smallest absolute Gasteiger partial charge is 0.348 e. The molecule has 0 spiro atoms. The summed E-state index contributed by atoms with van der Waals surface area (Å²) in [5.74, 6) is -1.03. The molecule has 12 heteroatoms. The molecule has 0 unspecified atom stereocenters. The van der Waals surface area contributed by atoms with Crippen molar-refractivity contribution in [2.45, 2.75) is 30.7 Å². The maximum atomic E-state index is 13.4. The van der Waals surface area contributed by atoms with Gasteiger partial charge in [-0.25, -0.2) is 0 Å². The summed E-state index contributed by atoms with van der Waals surface area (Å²) in [6.45, 7) is 3.45. The number of hydrogen-bond donors (Lipinski definition) is 0. The fourth-order valence-electron chi connectivity index (χ4n) is 5.44. The van der Waals surface area contributed by atoms with E-state index in [1.54, 1.807) is 19.0 Å². The van der Waals surface area contributed by atoms with E-state index in [2.05, 4.69) is 9.80 Å². The van der Waals surface area contributed by atoms with E-state index in [9.17, 15) is 35.9 Å². The number of likely N-dealkylation sites (N-methyl/N-ethyl adjacent to an activating group) is 1. The number of hydrogen-bond acceptors (Lipinski definition) is 4. The van der Waals surface area contributed by atoms with Gasteiger partial charge in [0.05, 0.1) is 17.7 Å². The van der Waals surface area contributed by atoms with Crippen molar-refractivity contribution in [2.75, 3.05) is 59.9 Å². The first kappa shape index (κ1) is 29.9. The van der Waals surface area contributed by atoms with Crippen molar-refractivity contribution in [3.63, 3.8) is 0 Å². The predicted octanol–water partition coefficient (Wildman–Crippen LogP) is 4.43. The Hall–Kier alpha value is -3.12. The Morgan fingerprint density at radius 2 is 1.43 bits per heavy atom. The minimum absolute atomic E-state index is 0.0189. The van der Waals surface area contributed by atoms with Gasteiger partial charge in [-0.05, 0) is 30.2 Å². The minimum Gasteiger partial charge on any atom is -0.348 e. The van der Waals surface area contributed by atoms with Gasteiger partial charge in [0.15, 0.2) is 0 Å². The molecule has 0 radical (unpaired) electrons. The van der Waals surface area contributed by atoms with Crippen LogP contribution < -0.4 is 0 Å². The fourth-order valence-corrected chi connectivity index (χ4v) is 5.44. The van der Waals surface area contributed by atoms with Crippen LogP contribution in [-0.2, 0) is 17.1 Å². The summed E-state index contributed by atoms with van der Waals surface area (Å²) in [5, 5.41) is 0. The number of carbonyl (C=O) groups is 2. The maximum Gasteiger partial charge on any atom is 0.416 e. The van der Waals surface area contributed by atoms with Crippen molar-refractivity contribution in [1.82, 2.24) is 19.6 Å². The molecule has 40 heavy (non-hydrogen) atoms. The first-order chi connectivity index (χ1) is 18.7. The molecule has 2 amide bonds. The molecular weight excluding hydrogens is 538 g/mol. The standard InChI is InChI=1S/C28H32F6N4O2/c1-35(2)25(39)18-36-10-12-37(13-11-36)24-8-9-38(17-23(24)19-6-4-3-5-7-19)26(40)20-14-21(27(29,30)31)16-22(15-20)28(32,33)34/h3-7,14-16,23-24H,8-13,17-18H2,1-2H3/t23-,24-/m1/s1. The van der Waals surface area contributed by atoms with Crippen molar-refractivity contribution < 1.29 is 35.9 Å². The summed E-state index contributed by atoms with van der Waals surface area (Å²) < 4.78 is 80.4. The third-order valence-corrected chi connectivity index (χ3v) is 7.66. The Morgan fingerprint density at radius 1 is 0.850 bits per heavy atom. The number of piperidine rings is 1. The van der Waals surface area contributed by atoms with Gasteiger partial charge in [0.2, 0.25) is 5.91 Å². The third-order valence-electron chi connectivity index (χ3n) is 7.66. The first-order valence-electron chi connectivity index (χ1n) is 13.0. The van der Waals surface area contributed by atoms with E-state index in [-0.39, 0.29) is 37.0 Å². The average Bonchev–Trinajstić information content (AvgIpc) is 2.92. The molecule has 6 nitrogen and oxygen atoms in total. The molecule has 2 aromatic carbocycles. The van der Waals surface area contributed by atoms with Crippen molar-refractivity contribution in [1.29, 1.82) is 0 Å². The number of benzene rings is 2. The van der Waals surface area contributed by atoms with Gasteiger partial charge < -0.3 is 9.80 Å². The molecule has 2 saturated heterocycles. The second-order valence-corrected chi connectivity index (χ2v) is 10.5. The predicted molar refractivity (Wildman–Crippen MR) is 137 cm³/mol. The number of likely N-dealkylation sites (tertiary alicyclic amines) is 1. The van der Waals surface area contributed by atoms with E-state index >= 15 is 0 Å². The molecule has 0 saturated carbocycles. The normalized spacial score (nSPS) is 21.4. The van der Waals surface area contributed by atoms with Gasteiger partial charge in [0.25, 0.3) is 5.91 Å². The van der Waals surface area contributed by atoms with E-state index in [0.29, 0.717) is 51.3 Å².